The van der Waals surface area contributed by atoms with E-state index in [1.807, 2.05) is 0 Å². The van der Waals surface area contributed by atoms with Crippen molar-refractivity contribution >= 4 is 11.8 Å². The molecule has 3 rings (SSSR count). The fraction of sp³-hybridized carbons (Fsp3) is 0.500. The summed E-state index contributed by atoms with van der Waals surface area (Å²) in [5.74, 6) is 0.283. The molecule has 0 saturated carbocycles. The molecule has 0 radical (unpaired) electrons. The molecular weight excluding hydrogens is 411 g/mol. The van der Waals surface area contributed by atoms with Crippen molar-refractivity contribution in [2.45, 2.75) is 45.7 Å². The first-order valence-corrected chi connectivity index (χ1v) is 10.1. The molecule has 31 heavy (non-hydrogen) atoms. The van der Waals surface area contributed by atoms with Gasteiger partial charge in [0.1, 0.15) is 5.76 Å². The monoisotopic (exact) mass is 437 g/mol. The Labute approximate surface area is 179 Å². The number of rotatable bonds is 4. The third-order valence-corrected chi connectivity index (χ3v) is 5.88. The Balaban J connectivity index is 1.65. The van der Waals surface area contributed by atoms with E-state index in [-0.39, 0.29) is 18.2 Å². The lowest BCUT2D eigenvalue weighted by Gasteiger charge is -2.39. The zero-order chi connectivity index (χ0) is 23.0. The minimum Gasteiger partial charge on any atom is -0.361 e. The lowest BCUT2D eigenvalue weighted by molar-refractivity contribution is -0.142. The van der Waals surface area contributed by atoms with Gasteiger partial charge < -0.3 is 14.3 Å². The van der Waals surface area contributed by atoms with Crippen LogP contribution in [0.2, 0.25) is 0 Å². The number of hydrogen-bond acceptors (Lipinski definition) is 4. The lowest BCUT2D eigenvalue weighted by atomic mass is 9.82. The summed E-state index contributed by atoms with van der Waals surface area (Å²) in [6, 6.07) is 4.88. The van der Waals surface area contributed by atoms with Crippen molar-refractivity contribution in [2.75, 3.05) is 26.2 Å². The van der Waals surface area contributed by atoms with Gasteiger partial charge in [0, 0.05) is 31.7 Å². The molecule has 168 valence electrons. The molecule has 1 aromatic carbocycles. The van der Waals surface area contributed by atoms with Crippen LogP contribution in [-0.4, -0.2) is 52.9 Å². The van der Waals surface area contributed by atoms with Crippen molar-refractivity contribution in [2.24, 2.45) is 0 Å². The third-order valence-electron chi connectivity index (χ3n) is 5.88. The maximum absolute atomic E-state index is 13.1. The van der Waals surface area contributed by atoms with E-state index in [1.165, 1.54) is 12.1 Å². The molecule has 2 heterocycles. The molecule has 2 amide bonds. The van der Waals surface area contributed by atoms with E-state index in [9.17, 15) is 22.8 Å². The summed E-state index contributed by atoms with van der Waals surface area (Å²) in [7, 11) is 0. The average molecular weight is 437 g/mol. The van der Waals surface area contributed by atoms with Crippen LogP contribution >= 0.6 is 0 Å². The number of aromatic nitrogens is 1. The summed E-state index contributed by atoms with van der Waals surface area (Å²) in [6.45, 7) is 8.18. The number of hydrogen-bond donors (Lipinski definition) is 0. The second-order valence-corrected chi connectivity index (χ2v) is 8.36. The summed E-state index contributed by atoms with van der Waals surface area (Å²) in [4.78, 5) is 29.1. The van der Waals surface area contributed by atoms with Crippen LogP contribution in [0.25, 0.3) is 0 Å². The van der Waals surface area contributed by atoms with Gasteiger partial charge in [-0.05, 0) is 39.3 Å². The van der Waals surface area contributed by atoms with Gasteiger partial charge in [-0.25, -0.2) is 0 Å². The van der Waals surface area contributed by atoms with Crippen molar-refractivity contribution in [3.63, 3.8) is 0 Å². The van der Waals surface area contributed by atoms with Gasteiger partial charge in [-0.3, -0.25) is 9.59 Å². The van der Waals surface area contributed by atoms with E-state index in [0.717, 1.165) is 17.7 Å². The summed E-state index contributed by atoms with van der Waals surface area (Å²) in [5, 5.41) is 3.86. The van der Waals surface area contributed by atoms with Crippen LogP contribution in [-0.2, 0) is 27.6 Å². The first-order chi connectivity index (χ1) is 14.4. The van der Waals surface area contributed by atoms with Crippen LogP contribution < -0.4 is 0 Å². The van der Waals surface area contributed by atoms with Gasteiger partial charge in [0.25, 0.3) is 0 Å². The predicted octanol–water partition coefficient (Wildman–Crippen LogP) is 3.50. The highest BCUT2D eigenvalue weighted by Crippen LogP contribution is 2.33. The minimum atomic E-state index is -4.47. The normalized spacial score (nSPS) is 15.3. The van der Waals surface area contributed by atoms with Crippen molar-refractivity contribution in [1.82, 2.24) is 15.0 Å². The Kier molecular flexibility index (Phi) is 6.16. The smallest absolute Gasteiger partial charge is 0.361 e. The highest BCUT2D eigenvalue weighted by molar-refractivity contribution is 5.88. The number of alkyl halides is 3. The van der Waals surface area contributed by atoms with Gasteiger partial charge in [0.2, 0.25) is 11.8 Å². The Bertz CT molecular complexity index is 954. The first kappa shape index (κ1) is 22.8. The molecule has 1 saturated heterocycles. The molecule has 0 atom stereocenters. The highest BCUT2D eigenvalue weighted by Gasteiger charge is 2.38. The second-order valence-electron chi connectivity index (χ2n) is 8.36. The molecule has 0 N–H and O–H groups in total. The largest absolute Gasteiger partial charge is 0.416 e. The molecule has 9 heteroatoms. The lowest BCUT2D eigenvalue weighted by Crippen LogP contribution is -2.54. The number of benzene rings is 1. The number of halogens is 3. The Morgan fingerprint density at radius 1 is 1.03 bits per heavy atom. The maximum Gasteiger partial charge on any atom is 0.416 e. The second kappa shape index (κ2) is 8.36. The maximum atomic E-state index is 13.1. The topological polar surface area (TPSA) is 66.7 Å². The van der Waals surface area contributed by atoms with Crippen molar-refractivity contribution in [3.8, 4) is 0 Å². The van der Waals surface area contributed by atoms with Gasteiger partial charge in [-0.15, -0.1) is 0 Å². The quantitative estimate of drug-likeness (QED) is 0.734. The molecule has 1 fully saturated rings. The average Bonchev–Trinajstić information content (AvgIpc) is 3.04. The summed E-state index contributed by atoms with van der Waals surface area (Å²) in [6.07, 6.45) is -4.28. The zero-order valence-electron chi connectivity index (χ0n) is 18.0. The number of amides is 2. The highest BCUT2D eigenvalue weighted by atomic mass is 19.4. The molecule has 2 aromatic rings. The zero-order valence-corrected chi connectivity index (χ0v) is 18.0. The third kappa shape index (κ3) is 4.75. The summed E-state index contributed by atoms with van der Waals surface area (Å²) < 4.78 is 44.3. The van der Waals surface area contributed by atoms with Gasteiger partial charge >= 0.3 is 6.18 Å². The fourth-order valence-corrected chi connectivity index (χ4v) is 3.78. The molecule has 1 aliphatic rings. The minimum absolute atomic E-state index is 0.0707. The van der Waals surface area contributed by atoms with Crippen LogP contribution in [0.1, 0.15) is 42.0 Å². The van der Waals surface area contributed by atoms with E-state index < -0.39 is 17.2 Å². The van der Waals surface area contributed by atoms with Crippen LogP contribution in [0.3, 0.4) is 0 Å². The van der Waals surface area contributed by atoms with E-state index in [0.29, 0.717) is 43.2 Å². The van der Waals surface area contributed by atoms with Gasteiger partial charge in [-0.2, -0.15) is 13.2 Å². The summed E-state index contributed by atoms with van der Waals surface area (Å²) >= 11 is 0. The van der Waals surface area contributed by atoms with Gasteiger partial charge in [0.05, 0.1) is 23.1 Å². The predicted molar refractivity (Wildman–Crippen MR) is 107 cm³/mol. The van der Waals surface area contributed by atoms with E-state index in [2.05, 4.69) is 5.16 Å². The number of piperazine rings is 1. The molecule has 0 aliphatic carbocycles. The van der Waals surface area contributed by atoms with Gasteiger partial charge in [-0.1, -0.05) is 23.4 Å². The molecule has 6 nitrogen and oxygen atoms in total. The van der Waals surface area contributed by atoms with Crippen LogP contribution in [0, 0.1) is 13.8 Å². The number of aryl methyl sites for hydroxylation is 2. The Morgan fingerprint density at radius 2 is 1.61 bits per heavy atom. The molecular formula is C22H26F3N3O3. The van der Waals surface area contributed by atoms with E-state index in [4.69, 9.17) is 4.52 Å². The molecule has 1 aliphatic heterocycles. The Morgan fingerprint density at radius 3 is 2.16 bits per heavy atom. The van der Waals surface area contributed by atoms with E-state index >= 15 is 0 Å². The number of carbonyl (C=O) groups is 2. The van der Waals surface area contributed by atoms with Crippen molar-refractivity contribution < 1.29 is 27.3 Å². The van der Waals surface area contributed by atoms with Crippen molar-refractivity contribution in [3.05, 3.63) is 52.4 Å². The van der Waals surface area contributed by atoms with Crippen LogP contribution in [0.4, 0.5) is 13.2 Å². The molecule has 1 aromatic heterocycles. The SMILES string of the molecule is Cc1noc(C)c1CC(=O)N1CCN(C(=O)C(C)(C)c2cccc(C(F)(F)F)c2)CC1. The molecule has 0 bridgehead atoms. The van der Waals surface area contributed by atoms with Crippen LogP contribution in [0.15, 0.2) is 28.8 Å². The van der Waals surface area contributed by atoms with Gasteiger partial charge in [0.15, 0.2) is 0 Å². The molecule has 0 spiro atoms. The Hall–Kier alpha value is -2.84. The summed E-state index contributed by atoms with van der Waals surface area (Å²) in [5.41, 5.74) is -0.133. The fourth-order valence-electron chi connectivity index (χ4n) is 3.78. The molecule has 0 unspecified atom stereocenters. The van der Waals surface area contributed by atoms with Crippen molar-refractivity contribution in [1.29, 1.82) is 0 Å². The standard InChI is InChI=1S/C22H26F3N3O3/c1-14-18(15(2)31-26-14)13-19(29)27-8-10-28(11-9-27)20(30)21(3,4)16-6-5-7-17(12-16)22(23,24)25/h5-7,12H,8-11,13H2,1-4H3. The first-order valence-electron chi connectivity index (χ1n) is 10.1. The van der Waals surface area contributed by atoms with Crippen LogP contribution in [0.5, 0.6) is 0 Å². The van der Waals surface area contributed by atoms with E-state index in [1.54, 1.807) is 37.5 Å². The number of nitrogens with zero attached hydrogens (tertiary/aromatic N) is 3. The number of carbonyl (C=O) groups excluding carboxylic acids is 2.